The van der Waals surface area contributed by atoms with Crippen LogP contribution in [0.15, 0.2) is 18.3 Å². The van der Waals surface area contributed by atoms with Crippen LogP contribution in [0.4, 0.5) is 5.82 Å². The van der Waals surface area contributed by atoms with Crippen molar-refractivity contribution in [1.82, 2.24) is 4.98 Å². The van der Waals surface area contributed by atoms with Gasteiger partial charge in [-0.05, 0) is 30.4 Å². The summed E-state index contributed by atoms with van der Waals surface area (Å²) in [6.45, 7) is 13.0. The SMILES string of the molecule is CC(C)CN(CC(C)C)c1ccc(C(C)N)cn1. The molecular weight excluding hydrogens is 222 g/mol. The van der Waals surface area contributed by atoms with E-state index in [1.165, 1.54) is 0 Å². The van der Waals surface area contributed by atoms with E-state index in [4.69, 9.17) is 5.73 Å². The Labute approximate surface area is 111 Å². The molecule has 0 amide bonds. The number of hydrogen-bond acceptors (Lipinski definition) is 3. The molecule has 1 aromatic rings. The fourth-order valence-electron chi connectivity index (χ4n) is 2.00. The fourth-order valence-corrected chi connectivity index (χ4v) is 2.00. The second-order valence-corrected chi connectivity index (χ2v) is 5.93. The predicted octanol–water partition coefficient (Wildman–Crippen LogP) is 3.22. The lowest BCUT2D eigenvalue weighted by molar-refractivity contribution is 0.548. The highest BCUT2D eigenvalue weighted by molar-refractivity contribution is 5.39. The summed E-state index contributed by atoms with van der Waals surface area (Å²) >= 11 is 0. The molecule has 2 N–H and O–H groups in total. The first kappa shape index (κ1) is 15.0. The molecule has 0 saturated carbocycles. The van der Waals surface area contributed by atoms with Crippen LogP contribution in [-0.2, 0) is 0 Å². The first-order chi connectivity index (χ1) is 8.40. The van der Waals surface area contributed by atoms with Crippen molar-refractivity contribution in [2.45, 2.75) is 40.7 Å². The van der Waals surface area contributed by atoms with E-state index in [0.29, 0.717) is 11.8 Å². The molecule has 0 aliphatic heterocycles. The van der Waals surface area contributed by atoms with Gasteiger partial charge in [-0.2, -0.15) is 0 Å². The molecule has 0 aliphatic rings. The first-order valence-electron chi connectivity index (χ1n) is 6.86. The molecule has 18 heavy (non-hydrogen) atoms. The van der Waals surface area contributed by atoms with Gasteiger partial charge in [0, 0.05) is 25.3 Å². The van der Waals surface area contributed by atoms with E-state index in [1.807, 2.05) is 13.1 Å². The zero-order valence-electron chi connectivity index (χ0n) is 12.4. The first-order valence-corrected chi connectivity index (χ1v) is 6.86. The quantitative estimate of drug-likeness (QED) is 0.841. The van der Waals surface area contributed by atoms with Gasteiger partial charge >= 0.3 is 0 Å². The summed E-state index contributed by atoms with van der Waals surface area (Å²) < 4.78 is 0. The maximum Gasteiger partial charge on any atom is 0.128 e. The lowest BCUT2D eigenvalue weighted by atomic mass is 10.1. The highest BCUT2D eigenvalue weighted by Gasteiger charge is 2.12. The molecule has 0 aromatic carbocycles. The molecule has 102 valence electrons. The van der Waals surface area contributed by atoms with Gasteiger partial charge in [0.25, 0.3) is 0 Å². The summed E-state index contributed by atoms with van der Waals surface area (Å²) in [6.07, 6.45) is 1.90. The van der Waals surface area contributed by atoms with Gasteiger partial charge in [-0.15, -0.1) is 0 Å². The molecule has 1 rings (SSSR count). The molecular formula is C15H27N3. The maximum absolute atomic E-state index is 5.85. The van der Waals surface area contributed by atoms with E-state index in [-0.39, 0.29) is 6.04 Å². The van der Waals surface area contributed by atoms with Crippen LogP contribution in [0.5, 0.6) is 0 Å². The van der Waals surface area contributed by atoms with Crippen LogP contribution < -0.4 is 10.6 Å². The molecule has 1 heterocycles. The summed E-state index contributed by atoms with van der Waals surface area (Å²) in [5.41, 5.74) is 6.94. The molecule has 1 aromatic heterocycles. The van der Waals surface area contributed by atoms with Crippen molar-refractivity contribution in [3.05, 3.63) is 23.9 Å². The van der Waals surface area contributed by atoms with Crippen molar-refractivity contribution in [2.24, 2.45) is 17.6 Å². The Hall–Kier alpha value is -1.09. The third-order valence-electron chi connectivity index (χ3n) is 2.79. The van der Waals surface area contributed by atoms with Crippen LogP contribution in [0, 0.1) is 11.8 Å². The van der Waals surface area contributed by atoms with Crippen molar-refractivity contribution in [1.29, 1.82) is 0 Å². The second kappa shape index (κ2) is 6.74. The summed E-state index contributed by atoms with van der Waals surface area (Å²) in [5.74, 6) is 2.33. The smallest absolute Gasteiger partial charge is 0.128 e. The molecule has 0 saturated heterocycles. The number of nitrogens with two attached hydrogens (primary N) is 1. The van der Waals surface area contributed by atoms with Crippen molar-refractivity contribution in [2.75, 3.05) is 18.0 Å². The zero-order chi connectivity index (χ0) is 13.7. The van der Waals surface area contributed by atoms with Crippen molar-refractivity contribution in [3.63, 3.8) is 0 Å². The molecule has 0 radical (unpaired) electrons. The number of anilines is 1. The zero-order valence-corrected chi connectivity index (χ0v) is 12.4. The Kier molecular flexibility index (Phi) is 5.60. The Morgan fingerprint density at radius 3 is 1.94 bits per heavy atom. The lowest BCUT2D eigenvalue weighted by Crippen LogP contribution is -2.32. The summed E-state index contributed by atoms with van der Waals surface area (Å²) in [6, 6.07) is 4.22. The third-order valence-corrected chi connectivity index (χ3v) is 2.79. The average molecular weight is 249 g/mol. The molecule has 0 aliphatic carbocycles. The van der Waals surface area contributed by atoms with Gasteiger partial charge in [-0.25, -0.2) is 4.98 Å². The van der Waals surface area contributed by atoms with E-state index in [1.54, 1.807) is 0 Å². The number of aromatic nitrogens is 1. The Morgan fingerprint density at radius 1 is 1.06 bits per heavy atom. The van der Waals surface area contributed by atoms with E-state index in [9.17, 15) is 0 Å². The minimum absolute atomic E-state index is 0.0511. The van der Waals surface area contributed by atoms with Gasteiger partial charge in [0.05, 0.1) is 0 Å². The topological polar surface area (TPSA) is 42.1 Å². The van der Waals surface area contributed by atoms with Gasteiger partial charge < -0.3 is 10.6 Å². The molecule has 0 spiro atoms. The maximum atomic E-state index is 5.85. The van der Waals surface area contributed by atoms with Crippen molar-refractivity contribution < 1.29 is 0 Å². The van der Waals surface area contributed by atoms with E-state index >= 15 is 0 Å². The lowest BCUT2D eigenvalue weighted by Gasteiger charge is -2.27. The number of rotatable bonds is 6. The van der Waals surface area contributed by atoms with Gasteiger partial charge in [0.15, 0.2) is 0 Å². The average Bonchev–Trinajstić information content (AvgIpc) is 2.27. The Balaban J connectivity index is 2.83. The fraction of sp³-hybridized carbons (Fsp3) is 0.667. The largest absolute Gasteiger partial charge is 0.356 e. The van der Waals surface area contributed by atoms with Crippen LogP contribution in [0.2, 0.25) is 0 Å². The third kappa shape index (κ3) is 4.65. The molecule has 0 fully saturated rings. The summed E-state index contributed by atoms with van der Waals surface area (Å²) in [4.78, 5) is 6.91. The molecule has 1 unspecified atom stereocenters. The van der Waals surface area contributed by atoms with Gasteiger partial charge in [-0.3, -0.25) is 0 Å². The number of pyridine rings is 1. The molecule has 3 heteroatoms. The summed E-state index contributed by atoms with van der Waals surface area (Å²) in [5, 5.41) is 0. The monoisotopic (exact) mass is 249 g/mol. The standard InChI is InChI=1S/C15H27N3/c1-11(2)9-18(10-12(3)4)15-7-6-14(8-17-15)13(5)16/h6-8,11-13H,9-10,16H2,1-5H3. The molecule has 1 atom stereocenters. The summed E-state index contributed by atoms with van der Waals surface area (Å²) in [7, 11) is 0. The van der Waals surface area contributed by atoms with Gasteiger partial charge in [0.1, 0.15) is 5.82 Å². The van der Waals surface area contributed by atoms with Crippen LogP contribution in [0.3, 0.4) is 0 Å². The molecule has 3 nitrogen and oxygen atoms in total. The van der Waals surface area contributed by atoms with Crippen LogP contribution in [0.25, 0.3) is 0 Å². The van der Waals surface area contributed by atoms with Gasteiger partial charge in [0.2, 0.25) is 0 Å². The van der Waals surface area contributed by atoms with Crippen molar-refractivity contribution >= 4 is 5.82 Å². The van der Waals surface area contributed by atoms with E-state index in [2.05, 4.69) is 49.7 Å². The van der Waals surface area contributed by atoms with E-state index in [0.717, 1.165) is 24.5 Å². The van der Waals surface area contributed by atoms with Crippen LogP contribution in [0.1, 0.15) is 46.2 Å². The molecule has 0 bridgehead atoms. The minimum Gasteiger partial charge on any atom is -0.356 e. The number of nitrogens with zero attached hydrogens (tertiary/aromatic N) is 2. The van der Waals surface area contributed by atoms with Crippen molar-refractivity contribution in [3.8, 4) is 0 Å². The van der Waals surface area contributed by atoms with Crippen LogP contribution >= 0.6 is 0 Å². The highest BCUT2D eigenvalue weighted by atomic mass is 15.2. The Bertz CT molecular complexity index is 331. The minimum atomic E-state index is 0.0511. The van der Waals surface area contributed by atoms with E-state index < -0.39 is 0 Å². The highest BCUT2D eigenvalue weighted by Crippen LogP contribution is 2.17. The normalized spacial score (nSPS) is 13.1. The van der Waals surface area contributed by atoms with Gasteiger partial charge in [-0.1, -0.05) is 33.8 Å². The predicted molar refractivity (Wildman–Crippen MR) is 78.7 cm³/mol. The second-order valence-electron chi connectivity index (χ2n) is 5.93. The number of hydrogen-bond donors (Lipinski definition) is 1. The van der Waals surface area contributed by atoms with Crippen LogP contribution in [-0.4, -0.2) is 18.1 Å². The Morgan fingerprint density at radius 2 is 1.61 bits per heavy atom.